The molecule has 0 spiro atoms. The van der Waals surface area contributed by atoms with Crippen LogP contribution in [0.4, 0.5) is 5.69 Å². The summed E-state index contributed by atoms with van der Waals surface area (Å²) in [5, 5.41) is 3.14. The number of imidazole rings is 1. The third-order valence-corrected chi connectivity index (χ3v) is 4.64. The SMILES string of the molecule is CCC(C)c1ccc(NC(N)=NCc2nc3ccccc3n2C)cc1. The minimum Gasteiger partial charge on any atom is -0.370 e. The largest absolute Gasteiger partial charge is 0.370 e. The molecule has 0 fully saturated rings. The van der Waals surface area contributed by atoms with E-state index >= 15 is 0 Å². The van der Waals surface area contributed by atoms with Gasteiger partial charge in [0.15, 0.2) is 5.96 Å². The number of aliphatic imine (C=N–C) groups is 1. The monoisotopic (exact) mass is 335 g/mol. The van der Waals surface area contributed by atoms with E-state index in [-0.39, 0.29) is 0 Å². The van der Waals surface area contributed by atoms with Crippen molar-refractivity contribution in [1.82, 2.24) is 9.55 Å². The van der Waals surface area contributed by atoms with Gasteiger partial charge in [0.2, 0.25) is 0 Å². The molecule has 3 N–H and O–H groups in total. The maximum absolute atomic E-state index is 6.02. The summed E-state index contributed by atoms with van der Waals surface area (Å²) in [5.74, 6) is 1.85. The number of aryl methyl sites for hydroxylation is 1. The lowest BCUT2D eigenvalue weighted by Crippen LogP contribution is -2.22. The van der Waals surface area contributed by atoms with Crippen LogP contribution in [-0.4, -0.2) is 15.5 Å². The molecular formula is C20H25N5. The smallest absolute Gasteiger partial charge is 0.193 e. The van der Waals surface area contributed by atoms with Gasteiger partial charge in [-0.15, -0.1) is 0 Å². The van der Waals surface area contributed by atoms with E-state index < -0.39 is 0 Å². The Morgan fingerprint density at radius 2 is 1.92 bits per heavy atom. The maximum Gasteiger partial charge on any atom is 0.193 e. The van der Waals surface area contributed by atoms with Crippen LogP contribution in [-0.2, 0) is 13.6 Å². The molecule has 5 nitrogen and oxygen atoms in total. The van der Waals surface area contributed by atoms with Crippen LogP contribution >= 0.6 is 0 Å². The molecule has 0 bridgehead atoms. The third-order valence-electron chi connectivity index (χ3n) is 4.64. The van der Waals surface area contributed by atoms with Crippen LogP contribution in [0.1, 0.15) is 37.6 Å². The molecule has 0 aliphatic heterocycles. The highest BCUT2D eigenvalue weighted by molar-refractivity contribution is 5.92. The zero-order chi connectivity index (χ0) is 17.8. The van der Waals surface area contributed by atoms with Crippen LogP contribution in [0.3, 0.4) is 0 Å². The number of nitrogens with one attached hydrogen (secondary N) is 1. The molecule has 25 heavy (non-hydrogen) atoms. The average molecular weight is 335 g/mol. The van der Waals surface area contributed by atoms with Gasteiger partial charge in [-0.1, -0.05) is 38.1 Å². The molecular weight excluding hydrogens is 310 g/mol. The van der Waals surface area contributed by atoms with E-state index in [1.807, 2.05) is 41.9 Å². The van der Waals surface area contributed by atoms with Crippen molar-refractivity contribution in [1.29, 1.82) is 0 Å². The van der Waals surface area contributed by atoms with Crippen molar-refractivity contribution >= 4 is 22.7 Å². The minimum atomic E-state index is 0.392. The minimum absolute atomic E-state index is 0.392. The van der Waals surface area contributed by atoms with Gasteiger partial charge in [0.25, 0.3) is 0 Å². The number of aromatic nitrogens is 2. The molecule has 1 unspecified atom stereocenters. The Balaban J connectivity index is 1.68. The second kappa shape index (κ2) is 7.38. The summed E-state index contributed by atoms with van der Waals surface area (Å²) < 4.78 is 2.05. The van der Waals surface area contributed by atoms with E-state index in [0.29, 0.717) is 18.4 Å². The number of guanidine groups is 1. The molecule has 1 heterocycles. The number of anilines is 1. The molecule has 130 valence electrons. The van der Waals surface area contributed by atoms with E-state index in [9.17, 15) is 0 Å². The van der Waals surface area contributed by atoms with Crippen molar-refractivity contribution < 1.29 is 0 Å². The first-order valence-electron chi connectivity index (χ1n) is 8.65. The van der Waals surface area contributed by atoms with E-state index in [2.05, 4.69) is 47.3 Å². The summed E-state index contributed by atoms with van der Waals surface area (Å²) in [7, 11) is 2.00. The van der Waals surface area contributed by atoms with Crippen LogP contribution in [0, 0.1) is 0 Å². The second-order valence-electron chi connectivity index (χ2n) is 6.33. The molecule has 0 aliphatic rings. The Bertz CT molecular complexity index is 877. The van der Waals surface area contributed by atoms with Crippen molar-refractivity contribution in [2.24, 2.45) is 17.8 Å². The molecule has 0 saturated carbocycles. The second-order valence-corrected chi connectivity index (χ2v) is 6.33. The van der Waals surface area contributed by atoms with Gasteiger partial charge in [0, 0.05) is 12.7 Å². The molecule has 1 aromatic heterocycles. The average Bonchev–Trinajstić information content (AvgIpc) is 2.96. The molecule has 5 heteroatoms. The van der Waals surface area contributed by atoms with Crippen molar-refractivity contribution in [3.05, 3.63) is 59.9 Å². The summed E-state index contributed by atoms with van der Waals surface area (Å²) in [5.41, 5.74) is 10.4. The van der Waals surface area contributed by atoms with Gasteiger partial charge >= 0.3 is 0 Å². The fourth-order valence-electron chi connectivity index (χ4n) is 2.81. The first-order valence-corrected chi connectivity index (χ1v) is 8.65. The van der Waals surface area contributed by atoms with Crippen LogP contribution in [0.25, 0.3) is 11.0 Å². The molecule has 0 amide bonds. The van der Waals surface area contributed by atoms with E-state index in [0.717, 1.165) is 29.0 Å². The summed E-state index contributed by atoms with van der Waals surface area (Å²) in [6, 6.07) is 16.4. The fourth-order valence-corrected chi connectivity index (χ4v) is 2.81. The number of fused-ring (bicyclic) bond motifs is 1. The highest BCUT2D eigenvalue weighted by Crippen LogP contribution is 2.20. The molecule has 1 atom stereocenters. The Labute approximate surface area is 148 Å². The topological polar surface area (TPSA) is 68.2 Å². The number of rotatable bonds is 5. The standard InChI is InChI=1S/C20H25N5/c1-4-14(2)15-9-11-16(12-10-15)23-20(21)22-13-19-24-17-7-5-6-8-18(17)25(19)3/h5-12,14H,4,13H2,1-3H3,(H3,21,22,23). The predicted octanol–water partition coefficient (Wildman–Crippen LogP) is 4.01. The summed E-state index contributed by atoms with van der Waals surface area (Å²) in [6.07, 6.45) is 1.13. The van der Waals surface area contributed by atoms with Gasteiger partial charge in [0.05, 0.1) is 11.0 Å². The van der Waals surface area contributed by atoms with Crippen molar-refractivity contribution in [2.75, 3.05) is 5.32 Å². The zero-order valence-electron chi connectivity index (χ0n) is 15.0. The lowest BCUT2D eigenvalue weighted by molar-refractivity contribution is 0.734. The van der Waals surface area contributed by atoms with E-state index in [1.165, 1.54) is 5.56 Å². The highest BCUT2D eigenvalue weighted by Gasteiger charge is 2.07. The zero-order valence-corrected chi connectivity index (χ0v) is 15.0. The van der Waals surface area contributed by atoms with Gasteiger partial charge < -0.3 is 15.6 Å². The van der Waals surface area contributed by atoms with Crippen molar-refractivity contribution in [2.45, 2.75) is 32.7 Å². The first kappa shape index (κ1) is 17.0. The Hall–Kier alpha value is -2.82. The van der Waals surface area contributed by atoms with Crippen LogP contribution in [0.5, 0.6) is 0 Å². The van der Waals surface area contributed by atoms with Gasteiger partial charge in [-0.2, -0.15) is 0 Å². The molecule has 0 radical (unpaired) electrons. The molecule has 0 saturated heterocycles. The van der Waals surface area contributed by atoms with Crippen LogP contribution < -0.4 is 11.1 Å². The predicted molar refractivity (Wildman–Crippen MR) is 105 cm³/mol. The Kier molecular flexibility index (Phi) is 5.03. The number of para-hydroxylation sites is 2. The van der Waals surface area contributed by atoms with E-state index in [4.69, 9.17) is 5.73 Å². The van der Waals surface area contributed by atoms with Gasteiger partial charge in [-0.05, 0) is 42.2 Å². The third kappa shape index (κ3) is 3.82. The molecule has 3 aromatic rings. The summed E-state index contributed by atoms with van der Waals surface area (Å²) >= 11 is 0. The number of nitrogens with zero attached hydrogens (tertiary/aromatic N) is 3. The van der Waals surface area contributed by atoms with Crippen molar-refractivity contribution in [3.63, 3.8) is 0 Å². The van der Waals surface area contributed by atoms with Gasteiger partial charge in [-0.3, -0.25) is 0 Å². The number of nitrogens with two attached hydrogens (primary N) is 1. The molecule has 0 aliphatic carbocycles. The Morgan fingerprint density at radius 1 is 1.20 bits per heavy atom. The summed E-state index contributed by atoms with van der Waals surface area (Å²) in [4.78, 5) is 9.02. The number of hydrogen-bond donors (Lipinski definition) is 2. The van der Waals surface area contributed by atoms with Crippen molar-refractivity contribution in [3.8, 4) is 0 Å². The number of hydrogen-bond acceptors (Lipinski definition) is 2. The summed E-state index contributed by atoms with van der Waals surface area (Å²) in [6.45, 7) is 4.87. The van der Waals surface area contributed by atoms with Gasteiger partial charge in [0.1, 0.15) is 12.4 Å². The van der Waals surface area contributed by atoms with Crippen LogP contribution in [0.2, 0.25) is 0 Å². The lowest BCUT2D eigenvalue weighted by atomic mass is 9.99. The number of benzene rings is 2. The normalized spacial score (nSPS) is 13.2. The lowest BCUT2D eigenvalue weighted by Gasteiger charge is -2.10. The Morgan fingerprint density at radius 3 is 2.60 bits per heavy atom. The van der Waals surface area contributed by atoms with Crippen LogP contribution in [0.15, 0.2) is 53.5 Å². The van der Waals surface area contributed by atoms with E-state index in [1.54, 1.807) is 0 Å². The molecule has 2 aromatic carbocycles. The highest BCUT2D eigenvalue weighted by atomic mass is 15.1. The quantitative estimate of drug-likeness (QED) is 0.547. The maximum atomic E-state index is 6.02. The fraction of sp³-hybridized carbons (Fsp3) is 0.300. The molecule has 3 rings (SSSR count). The van der Waals surface area contributed by atoms with Gasteiger partial charge in [-0.25, -0.2) is 9.98 Å². The first-order chi connectivity index (χ1) is 12.1.